The molecule has 2 amide bonds. The summed E-state index contributed by atoms with van der Waals surface area (Å²) < 4.78 is 5.51. The van der Waals surface area contributed by atoms with Crippen molar-refractivity contribution in [1.82, 2.24) is 4.90 Å². The molecular formula is C21H20N2O3S2. The number of benzene rings is 2. The number of carbonyl (C=O) groups excluding carboxylic acids is 2. The van der Waals surface area contributed by atoms with Crippen LogP contribution in [0, 0.1) is 6.92 Å². The number of aryl methyl sites for hydroxylation is 1. The van der Waals surface area contributed by atoms with Gasteiger partial charge in [0.15, 0.2) is 0 Å². The van der Waals surface area contributed by atoms with Crippen molar-refractivity contribution in [3.05, 3.63) is 64.6 Å². The first kappa shape index (κ1) is 20.1. The first-order valence-corrected chi connectivity index (χ1v) is 9.90. The second kappa shape index (κ2) is 8.58. The molecular weight excluding hydrogens is 392 g/mol. The fourth-order valence-electron chi connectivity index (χ4n) is 2.75. The van der Waals surface area contributed by atoms with E-state index in [1.807, 2.05) is 55.5 Å². The third-order valence-electron chi connectivity index (χ3n) is 4.29. The molecule has 1 atom stereocenters. The first-order chi connectivity index (χ1) is 13.4. The van der Waals surface area contributed by atoms with E-state index in [1.54, 1.807) is 20.1 Å². The smallest absolute Gasteiger partial charge is 0.266 e. The molecule has 2 aromatic carbocycles. The molecule has 0 saturated carbocycles. The number of nitrogens with zero attached hydrogens (tertiary/aromatic N) is 1. The van der Waals surface area contributed by atoms with E-state index in [1.165, 1.54) is 16.7 Å². The summed E-state index contributed by atoms with van der Waals surface area (Å²) in [6.45, 7) is 3.62. The average Bonchev–Trinajstić information content (AvgIpc) is 2.95. The van der Waals surface area contributed by atoms with Crippen molar-refractivity contribution in [3.63, 3.8) is 0 Å². The highest BCUT2D eigenvalue weighted by atomic mass is 32.2. The van der Waals surface area contributed by atoms with Crippen molar-refractivity contribution in [1.29, 1.82) is 0 Å². The van der Waals surface area contributed by atoms with Gasteiger partial charge in [-0.15, -0.1) is 0 Å². The Bertz CT molecular complexity index is 954. The second-order valence-electron chi connectivity index (χ2n) is 6.36. The van der Waals surface area contributed by atoms with Crippen LogP contribution in [0.1, 0.15) is 18.1 Å². The Kier molecular flexibility index (Phi) is 6.16. The number of rotatable bonds is 5. The predicted molar refractivity (Wildman–Crippen MR) is 117 cm³/mol. The summed E-state index contributed by atoms with van der Waals surface area (Å²) >= 11 is 6.56. The van der Waals surface area contributed by atoms with Gasteiger partial charge in [0, 0.05) is 5.69 Å². The number of ether oxygens (including phenoxy) is 1. The maximum Gasteiger partial charge on any atom is 0.266 e. The van der Waals surface area contributed by atoms with E-state index in [9.17, 15) is 9.59 Å². The second-order valence-corrected chi connectivity index (χ2v) is 8.04. The van der Waals surface area contributed by atoms with Crippen molar-refractivity contribution in [3.8, 4) is 5.75 Å². The molecule has 1 unspecified atom stereocenters. The van der Waals surface area contributed by atoms with Crippen LogP contribution in [0.25, 0.3) is 6.08 Å². The van der Waals surface area contributed by atoms with E-state index < -0.39 is 6.04 Å². The Labute approximate surface area is 173 Å². The van der Waals surface area contributed by atoms with Crippen molar-refractivity contribution in [2.75, 3.05) is 12.4 Å². The number of nitrogens with one attached hydrogen (secondary N) is 1. The number of thiocarbonyl (C=S) groups is 1. The molecule has 0 spiro atoms. The van der Waals surface area contributed by atoms with Crippen LogP contribution in [0.15, 0.2) is 53.4 Å². The summed E-state index contributed by atoms with van der Waals surface area (Å²) in [4.78, 5) is 27.3. The topological polar surface area (TPSA) is 58.6 Å². The van der Waals surface area contributed by atoms with Gasteiger partial charge in [-0.1, -0.05) is 48.2 Å². The van der Waals surface area contributed by atoms with E-state index in [-0.39, 0.29) is 11.8 Å². The van der Waals surface area contributed by atoms with E-state index >= 15 is 0 Å². The van der Waals surface area contributed by atoms with E-state index in [0.29, 0.717) is 14.9 Å². The fourth-order valence-corrected chi connectivity index (χ4v) is 4.17. The minimum atomic E-state index is -0.713. The highest BCUT2D eigenvalue weighted by molar-refractivity contribution is 8.26. The maximum atomic E-state index is 12.8. The minimum absolute atomic E-state index is 0.266. The molecule has 7 heteroatoms. The first-order valence-electron chi connectivity index (χ1n) is 8.67. The Hall–Kier alpha value is -2.64. The van der Waals surface area contributed by atoms with Gasteiger partial charge in [0.1, 0.15) is 16.1 Å². The van der Waals surface area contributed by atoms with Crippen LogP contribution in [0.4, 0.5) is 5.69 Å². The van der Waals surface area contributed by atoms with Crippen molar-refractivity contribution >= 4 is 51.9 Å². The lowest BCUT2D eigenvalue weighted by molar-refractivity contribution is -0.129. The summed E-state index contributed by atoms with van der Waals surface area (Å²) in [5.41, 5.74) is 2.59. The van der Waals surface area contributed by atoms with Crippen molar-refractivity contribution < 1.29 is 14.3 Å². The Morgan fingerprint density at radius 3 is 2.61 bits per heavy atom. The van der Waals surface area contributed by atoms with Gasteiger partial charge < -0.3 is 10.1 Å². The molecule has 0 radical (unpaired) electrons. The number of carbonyl (C=O) groups is 2. The zero-order valence-electron chi connectivity index (χ0n) is 15.8. The van der Waals surface area contributed by atoms with Crippen LogP contribution in [-0.2, 0) is 9.59 Å². The number of amides is 2. The number of hydrogen-bond donors (Lipinski definition) is 1. The van der Waals surface area contributed by atoms with Crippen molar-refractivity contribution in [2.24, 2.45) is 0 Å². The van der Waals surface area contributed by atoms with Gasteiger partial charge >= 0.3 is 0 Å². The third kappa shape index (κ3) is 4.43. The van der Waals surface area contributed by atoms with Gasteiger partial charge in [0.2, 0.25) is 5.91 Å². The zero-order valence-corrected chi connectivity index (χ0v) is 17.4. The van der Waals surface area contributed by atoms with E-state index in [0.717, 1.165) is 16.9 Å². The molecule has 0 aromatic heterocycles. The van der Waals surface area contributed by atoms with E-state index in [2.05, 4.69) is 5.32 Å². The highest BCUT2D eigenvalue weighted by Crippen LogP contribution is 2.34. The SMILES string of the molecule is COc1ccc(/C=C2\SC(=S)N(C(C)C(=O)Nc3cccc(C)c3)C2=O)cc1. The van der Waals surface area contributed by atoms with Gasteiger partial charge in [-0.25, -0.2) is 0 Å². The van der Waals surface area contributed by atoms with Gasteiger partial charge in [-0.05, 0) is 55.3 Å². The maximum absolute atomic E-state index is 12.8. The summed E-state index contributed by atoms with van der Waals surface area (Å²) in [5, 5.41) is 2.84. The average molecular weight is 413 g/mol. The van der Waals surface area contributed by atoms with Gasteiger partial charge in [0.25, 0.3) is 5.91 Å². The van der Waals surface area contributed by atoms with E-state index in [4.69, 9.17) is 17.0 Å². The van der Waals surface area contributed by atoms with Crippen molar-refractivity contribution in [2.45, 2.75) is 19.9 Å². The lowest BCUT2D eigenvalue weighted by Crippen LogP contribution is -2.44. The molecule has 1 aliphatic heterocycles. The molecule has 3 rings (SSSR count). The Morgan fingerprint density at radius 2 is 1.96 bits per heavy atom. The highest BCUT2D eigenvalue weighted by Gasteiger charge is 2.38. The van der Waals surface area contributed by atoms with Crippen LogP contribution >= 0.6 is 24.0 Å². The summed E-state index contributed by atoms with van der Waals surface area (Å²) in [7, 11) is 1.60. The number of thioether (sulfide) groups is 1. The fraction of sp³-hybridized carbons (Fsp3) is 0.190. The predicted octanol–water partition coefficient (Wildman–Crippen LogP) is 4.23. The molecule has 1 aliphatic rings. The van der Waals surface area contributed by atoms with Crippen LogP contribution in [0.3, 0.4) is 0 Å². The van der Waals surface area contributed by atoms with Crippen LogP contribution in [0.5, 0.6) is 5.75 Å². The molecule has 28 heavy (non-hydrogen) atoms. The summed E-state index contributed by atoms with van der Waals surface area (Å²) in [6.07, 6.45) is 1.77. The molecule has 2 aromatic rings. The lowest BCUT2D eigenvalue weighted by atomic mass is 10.2. The molecule has 0 aliphatic carbocycles. The van der Waals surface area contributed by atoms with Crippen LogP contribution < -0.4 is 10.1 Å². The number of hydrogen-bond acceptors (Lipinski definition) is 5. The van der Waals surface area contributed by atoms with Gasteiger partial charge in [-0.3, -0.25) is 14.5 Å². The molecule has 144 valence electrons. The third-order valence-corrected chi connectivity index (χ3v) is 5.62. The number of anilines is 1. The Morgan fingerprint density at radius 1 is 1.25 bits per heavy atom. The minimum Gasteiger partial charge on any atom is -0.497 e. The summed E-state index contributed by atoms with van der Waals surface area (Å²) in [5.74, 6) is 0.191. The molecule has 1 heterocycles. The molecule has 5 nitrogen and oxygen atoms in total. The standard InChI is InChI=1S/C21H20N2O3S2/c1-13-5-4-6-16(11-13)22-19(24)14(2)23-20(25)18(28-21(23)27)12-15-7-9-17(26-3)10-8-15/h4-12,14H,1-3H3,(H,22,24)/b18-12-. The van der Waals surface area contributed by atoms with Crippen LogP contribution in [0.2, 0.25) is 0 Å². The lowest BCUT2D eigenvalue weighted by Gasteiger charge is -2.22. The zero-order chi connectivity index (χ0) is 20.3. The quantitative estimate of drug-likeness (QED) is 0.588. The van der Waals surface area contributed by atoms with Crippen LogP contribution in [-0.4, -0.2) is 34.2 Å². The molecule has 1 saturated heterocycles. The molecule has 1 N–H and O–H groups in total. The monoisotopic (exact) mass is 412 g/mol. The molecule has 0 bridgehead atoms. The molecule has 1 fully saturated rings. The largest absolute Gasteiger partial charge is 0.497 e. The number of methoxy groups -OCH3 is 1. The summed E-state index contributed by atoms with van der Waals surface area (Å²) in [6, 6.07) is 14.2. The normalized spacial score (nSPS) is 16.4. The van der Waals surface area contributed by atoms with Gasteiger partial charge in [0.05, 0.1) is 12.0 Å². The van der Waals surface area contributed by atoms with Gasteiger partial charge in [-0.2, -0.15) is 0 Å². The Balaban J connectivity index is 1.74.